The van der Waals surface area contributed by atoms with Crippen LogP contribution >= 0.6 is 0 Å². The van der Waals surface area contributed by atoms with E-state index in [9.17, 15) is 4.39 Å². The van der Waals surface area contributed by atoms with E-state index < -0.39 is 0 Å². The van der Waals surface area contributed by atoms with Gasteiger partial charge in [-0.3, -0.25) is 0 Å². The zero-order chi connectivity index (χ0) is 14.2. The number of benzene rings is 2. The van der Waals surface area contributed by atoms with Gasteiger partial charge in [0, 0.05) is 12.5 Å². The molecule has 0 aromatic heterocycles. The molecular formula is C18H22FN. The molecule has 2 rings (SSSR count). The molecule has 0 fully saturated rings. The molecule has 0 heterocycles. The first kappa shape index (κ1) is 14.7. The third kappa shape index (κ3) is 4.46. The third-order valence-electron chi connectivity index (χ3n) is 3.46. The van der Waals surface area contributed by atoms with Gasteiger partial charge in [0.05, 0.1) is 0 Å². The van der Waals surface area contributed by atoms with Gasteiger partial charge >= 0.3 is 0 Å². The van der Waals surface area contributed by atoms with Crippen molar-refractivity contribution in [3.8, 4) is 0 Å². The lowest BCUT2D eigenvalue weighted by Crippen LogP contribution is -2.23. The highest BCUT2D eigenvalue weighted by Crippen LogP contribution is 2.20. The average molecular weight is 271 g/mol. The van der Waals surface area contributed by atoms with Gasteiger partial charge in [0.25, 0.3) is 0 Å². The summed E-state index contributed by atoms with van der Waals surface area (Å²) in [5, 5.41) is 3.47. The molecule has 20 heavy (non-hydrogen) atoms. The molecule has 1 N–H and O–H groups in total. The van der Waals surface area contributed by atoms with Crippen molar-refractivity contribution in [2.24, 2.45) is 0 Å². The molecule has 0 spiro atoms. The molecule has 0 aliphatic rings. The highest BCUT2D eigenvalue weighted by Gasteiger charge is 2.12. The Balaban J connectivity index is 2.10. The Bertz CT molecular complexity index is 510. The Morgan fingerprint density at radius 3 is 2.55 bits per heavy atom. The van der Waals surface area contributed by atoms with Crippen LogP contribution in [0.25, 0.3) is 0 Å². The monoisotopic (exact) mass is 271 g/mol. The van der Waals surface area contributed by atoms with Gasteiger partial charge in [0.2, 0.25) is 0 Å². The first-order chi connectivity index (χ1) is 9.79. The van der Waals surface area contributed by atoms with Crippen molar-refractivity contribution in [1.29, 1.82) is 0 Å². The van der Waals surface area contributed by atoms with E-state index in [1.165, 1.54) is 11.6 Å². The van der Waals surface area contributed by atoms with Crippen LogP contribution in [0.4, 0.5) is 4.39 Å². The predicted octanol–water partition coefficient (Wildman–Crippen LogP) is 4.15. The Kier molecular flexibility index (Phi) is 5.75. The van der Waals surface area contributed by atoms with Crippen molar-refractivity contribution in [3.05, 3.63) is 71.5 Å². The van der Waals surface area contributed by atoms with E-state index in [1.807, 2.05) is 12.1 Å². The molecule has 0 aliphatic carbocycles. The zero-order valence-corrected chi connectivity index (χ0v) is 12.0. The largest absolute Gasteiger partial charge is 0.316 e. The highest BCUT2D eigenvalue weighted by atomic mass is 19.1. The lowest BCUT2D eigenvalue weighted by Gasteiger charge is -2.18. The molecule has 0 bridgehead atoms. The Hall–Kier alpha value is -1.67. The SMILES string of the molecule is CCCNCC(Cc1cccc(F)c1)c1ccccc1. The molecule has 2 heteroatoms. The van der Waals surface area contributed by atoms with E-state index in [0.29, 0.717) is 5.92 Å². The van der Waals surface area contributed by atoms with E-state index >= 15 is 0 Å². The number of halogens is 1. The summed E-state index contributed by atoms with van der Waals surface area (Å²) in [6, 6.07) is 17.4. The van der Waals surface area contributed by atoms with Crippen LogP contribution in [0.15, 0.2) is 54.6 Å². The maximum atomic E-state index is 13.3. The van der Waals surface area contributed by atoms with E-state index in [0.717, 1.165) is 31.5 Å². The zero-order valence-electron chi connectivity index (χ0n) is 12.0. The Labute approximate surface area is 120 Å². The number of nitrogens with one attached hydrogen (secondary N) is 1. The molecule has 2 aromatic rings. The molecule has 106 valence electrons. The van der Waals surface area contributed by atoms with E-state index in [1.54, 1.807) is 12.1 Å². The lowest BCUT2D eigenvalue weighted by molar-refractivity contribution is 0.573. The molecular weight excluding hydrogens is 249 g/mol. The van der Waals surface area contributed by atoms with Crippen LogP contribution in [0.2, 0.25) is 0 Å². The minimum Gasteiger partial charge on any atom is -0.316 e. The minimum atomic E-state index is -0.157. The fourth-order valence-corrected chi connectivity index (χ4v) is 2.43. The van der Waals surface area contributed by atoms with Gasteiger partial charge in [0.15, 0.2) is 0 Å². The maximum Gasteiger partial charge on any atom is 0.123 e. The van der Waals surface area contributed by atoms with Crippen LogP contribution < -0.4 is 5.32 Å². The smallest absolute Gasteiger partial charge is 0.123 e. The van der Waals surface area contributed by atoms with E-state index in [4.69, 9.17) is 0 Å². The van der Waals surface area contributed by atoms with Gasteiger partial charge in [-0.15, -0.1) is 0 Å². The molecule has 0 radical (unpaired) electrons. The summed E-state index contributed by atoms with van der Waals surface area (Å²) >= 11 is 0. The van der Waals surface area contributed by atoms with Crippen LogP contribution in [-0.4, -0.2) is 13.1 Å². The predicted molar refractivity (Wildman–Crippen MR) is 82.4 cm³/mol. The van der Waals surface area contributed by atoms with Crippen molar-refractivity contribution in [2.75, 3.05) is 13.1 Å². The van der Waals surface area contributed by atoms with Gasteiger partial charge < -0.3 is 5.32 Å². The van der Waals surface area contributed by atoms with Gasteiger partial charge in [-0.25, -0.2) is 4.39 Å². The van der Waals surface area contributed by atoms with Crippen molar-refractivity contribution >= 4 is 0 Å². The summed E-state index contributed by atoms with van der Waals surface area (Å²) in [5.74, 6) is 0.223. The first-order valence-corrected chi connectivity index (χ1v) is 7.29. The summed E-state index contributed by atoms with van der Waals surface area (Å²) in [6.07, 6.45) is 1.99. The molecule has 0 amide bonds. The number of hydrogen-bond donors (Lipinski definition) is 1. The molecule has 0 saturated carbocycles. The second-order valence-electron chi connectivity index (χ2n) is 5.15. The fourth-order valence-electron chi connectivity index (χ4n) is 2.43. The number of hydrogen-bond acceptors (Lipinski definition) is 1. The standard InChI is InChI=1S/C18H22FN/c1-2-11-20-14-17(16-8-4-3-5-9-16)12-15-7-6-10-18(19)13-15/h3-10,13,17,20H,2,11-12,14H2,1H3. The second kappa shape index (κ2) is 7.81. The Morgan fingerprint density at radius 2 is 1.85 bits per heavy atom. The minimum absolute atomic E-state index is 0.157. The van der Waals surface area contributed by atoms with Gasteiger partial charge in [-0.2, -0.15) is 0 Å². The molecule has 1 unspecified atom stereocenters. The van der Waals surface area contributed by atoms with Crippen molar-refractivity contribution in [1.82, 2.24) is 5.32 Å². The molecule has 1 atom stereocenters. The van der Waals surface area contributed by atoms with Gasteiger partial charge in [-0.05, 0) is 42.6 Å². The molecule has 1 nitrogen and oxygen atoms in total. The van der Waals surface area contributed by atoms with Gasteiger partial charge in [0.1, 0.15) is 5.82 Å². The topological polar surface area (TPSA) is 12.0 Å². The van der Waals surface area contributed by atoms with Crippen molar-refractivity contribution in [2.45, 2.75) is 25.7 Å². The van der Waals surface area contributed by atoms with Crippen LogP contribution in [0.5, 0.6) is 0 Å². The Morgan fingerprint density at radius 1 is 1.05 bits per heavy atom. The van der Waals surface area contributed by atoms with Crippen LogP contribution in [-0.2, 0) is 6.42 Å². The van der Waals surface area contributed by atoms with Crippen molar-refractivity contribution < 1.29 is 4.39 Å². The third-order valence-corrected chi connectivity index (χ3v) is 3.46. The van der Waals surface area contributed by atoms with E-state index in [2.05, 4.69) is 36.5 Å². The van der Waals surface area contributed by atoms with Crippen LogP contribution in [0.3, 0.4) is 0 Å². The summed E-state index contributed by atoms with van der Waals surface area (Å²) < 4.78 is 13.3. The summed E-state index contributed by atoms with van der Waals surface area (Å²) in [5.41, 5.74) is 2.36. The molecule has 0 saturated heterocycles. The fraction of sp³-hybridized carbons (Fsp3) is 0.333. The van der Waals surface area contributed by atoms with Crippen molar-refractivity contribution in [3.63, 3.8) is 0 Å². The molecule has 0 aliphatic heterocycles. The molecule has 2 aromatic carbocycles. The van der Waals surface area contributed by atoms with Crippen LogP contribution in [0.1, 0.15) is 30.4 Å². The highest BCUT2D eigenvalue weighted by molar-refractivity contribution is 5.25. The second-order valence-corrected chi connectivity index (χ2v) is 5.15. The van der Waals surface area contributed by atoms with Gasteiger partial charge in [-0.1, -0.05) is 49.4 Å². The first-order valence-electron chi connectivity index (χ1n) is 7.29. The summed E-state index contributed by atoms with van der Waals surface area (Å²) in [6.45, 7) is 4.11. The summed E-state index contributed by atoms with van der Waals surface area (Å²) in [4.78, 5) is 0. The quantitative estimate of drug-likeness (QED) is 0.746. The normalized spacial score (nSPS) is 12.3. The number of rotatable bonds is 7. The van der Waals surface area contributed by atoms with E-state index in [-0.39, 0.29) is 5.82 Å². The maximum absolute atomic E-state index is 13.3. The van der Waals surface area contributed by atoms with Crippen LogP contribution in [0, 0.1) is 5.82 Å². The lowest BCUT2D eigenvalue weighted by atomic mass is 9.92. The summed E-state index contributed by atoms with van der Waals surface area (Å²) in [7, 11) is 0. The average Bonchev–Trinajstić information content (AvgIpc) is 2.47.